The first-order valence-corrected chi connectivity index (χ1v) is 11.2. The molecule has 0 radical (unpaired) electrons. The highest BCUT2D eigenvalue weighted by Crippen LogP contribution is 2.35. The van der Waals surface area contributed by atoms with Gasteiger partial charge in [-0.15, -0.1) is 0 Å². The highest BCUT2D eigenvalue weighted by atomic mass is 19.4. The molecular formula is C23H23F6N5O2. The molecular weight excluding hydrogens is 492 g/mol. The Bertz CT molecular complexity index is 1150. The van der Waals surface area contributed by atoms with Crippen LogP contribution >= 0.6 is 0 Å². The van der Waals surface area contributed by atoms with Gasteiger partial charge in [0.15, 0.2) is 11.5 Å². The zero-order valence-corrected chi connectivity index (χ0v) is 19.0. The van der Waals surface area contributed by atoms with E-state index in [4.69, 9.17) is 5.73 Å². The van der Waals surface area contributed by atoms with Crippen molar-refractivity contribution >= 4 is 11.8 Å². The van der Waals surface area contributed by atoms with Gasteiger partial charge in [0.05, 0.1) is 18.8 Å². The Kier molecular flexibility index (Phi) is 6.95. The normalized spacial score (nSPS) is 18.7. The van der Waals surface area contributed by atoms with Crippen molar-refractivity contribution in [2.24, 2.45) is 5.73 Å². The summed E-state index contributed by atoms with van der Waals surface area (Å²) in [6.45, 7) is -1.28. The smallest absolute Gasteiger partial charge is 0.336 e. The van der Waals surface area contributed by atoms with Crippen LogP contribution in [-0.2, 0) is 28.7 Å². The maximum absolute atomic E-state index is 13.7. The maximum atomic E-state index is 13.7. The molecule has 1 atom stereocenters. The predicted molar refractivity (Wildman–Crippen MR) is 115 cm³/mol. The number of fused-ring (bicyclic) bond motifs is 1. The minimum Gasteiger partial charge on any atom is -0.336 e. The second-order valence-electron chi connectivity index (χ2n) is 8.99. The Balaban J connectivity index is 1.50. The number of carbonyl (C=O) groups excluding carboxylic acids is 2. The molecule has 0 spiro atoms. The monoisotopic (exact) mass is 515 g/mol. The van der Waals surface area contributed by atoms with Crippen LogP contribution in [0.4, 0.5) is 26.3 Å². The second kappa shape index (κ2) is 9.68. The Morgan fingerprint density at radius 3 is 2.50 bits per heavy atom. The molecule has 13 heteroatoms. The molecule has 3 heterocycles. The summed E-state index contributed by atoms with van der Waals surface area (Å²) < 4.78 is 81.8. The third kappa shape index (κ3) is 5.77. The number of hydrogen-bond donors (Lipinski definition) is 1. The molecule has 0 unspecified atom stereocenters. The van der Waals surface area contributed by atoms with E-state index >= 15 is 0 Å². The van der Waals surface area contributed by atoms with Crippen LogP contribution in [0.1, 0.15) is 36.2 Å². The Morgan fingerprint density at radius 2 is 1.83 bits per heavy atom. The molecule has 0 saturated carbocycles. The van der Waals surface area contributed by atoms with Crippen molar-refractivity contribution in [1.29, 1.82) is 0 Å². The number of alkyl halides is 5. The molecule has 1 saturated heterocycles. The molecule has 7 nitrogen and oxygen atoms in total. The quantitative estimate of drug-likeness (QED) is 0.618. The summed E-state index contributed by atoms with van der Waals surface area (Å²) in [5, 5.41) is 0. The lowest BCUT2D eigenvalue weighted by Gasteiger charge is -2.34. The summed E-state index contributed by atoms with van der Waals surface area (Å²) >= 11 is 0. The molecule has 2 aliphatic rings. The van der Waals surface area contributed by atoms with Gasteiger partial charge >= 0.3 is 6.18 Å². The fourth-order valence-electron chi connectivity index (χ4n) is 4.37. The molecule has 1 fully saturated rings. The largest absolute Gasteiger partial charge is 0.433 e. The number of amides is 2. The van der Waals surface area contributed by atoms with Crippen molar-refractivity contribution in [3.05, 3.63) is 47.0 Å². The van der Waals surface area contributed by atoms with Crippen molar-refractivity contribution in [2.75, 3.05) is 19.6 Å². The van der Waals surface area contributed by atoms with Gasteiger partial charge in [0, 0.05) is 49.5 Å². The molecule has 36 heavy (non-hydrogen) atoms. The fraction of sp³-hybridized carbons (Fsp3) is 0.478. The number of likely N-dealkylation sites (tertiary alicyclic amines) is 1. The van der Waals surface area contributed by atoms with E-state index in [-0.39, 0.29) is 61.5 Å². The summed E-state index contributed by atoms with van der Waals surface area (Å²) in [6.07, 6.45) is -6.04. The lowest BCUT2D eigenvalue weighted by atomic mass is 10.0. The van der Waals surface area contributed by atoms with Crippen LogP contribution < -0.4 is 5.73 Å². The number of carbonyl (C=O) groups is 2. The first-order chi connectivity index (χ1) is 16.8. The highest BCUT2D eigenvalue weighted by Gasteiger charge is 2.41. The number of rotatable bonds is 5. The third-order valence-corrected chi connectivity index (χ3v) is 6.16. The van der Waals surface area contributed by atoms with Crippen molar-refractivity contribution in [3.63, 3.8) is 0 Å². The molecule has 4 rings (SSSR count). The number of aromatic nitrogens is 2. The highest BCUT2D eigenvalue weighted by molar-refractivity contribution is 5.78. The van der Waals surface area contributed by atoms with E-state index in [1.165, 1.54) is 17.0 Å². The van der Waals surface area contributed by atoms with Crippen molar-refractivity contribution in [2.45, 2.75) is 50.4 Å². The lowest BCUT2D eigenvalue weighted by molar-refractivity contribution is -0.148. The van der Waals surface area contributed by atoms with E-state index < -0.39 is 54.4 Å². The van der Waals surface area contributed by atoms with Gasteiger partial charge in [0.25, 0.3) is 5.92 Å². The molecule has 1 aromatic carbocycles. The van der Waals surface area contributed by atoms with Gasteiger partial charge in [0.2, 0.25) is 11.8 Å². The second-order valence-corrected chi connectivity index (χ2v) is 8.99. The van der Waals surface area contributed by atoms with Gasteiger partial charge < -0.3 is 15.5 Å². The molecule has 0 aliphatic carbocycles. The van der Waals surface area contributed by atoms with Crippen molar-refractivity contribution in [3.8, 4) is 11.4 Å². The molecule has 2 amide bonds. The Morgan fingerprint density at radius 1 is 1.14 bits per heavy atom. The lowest BCUT2D eigenvalue weighted by Crippen LogP contribution is -2.51. The molecule has 0 bridgehead atoms. The third-order valence-electron chi connectivity index (χ3n) is 6.16. The summed E-state index contributed by atoms with van der Waals surface area (Å²) in [7, 11) is 0. The number of benzene rings is 1. The van der Waals surface area contributed by atoms with Crippen LogP contribution in [0.5, 0.6) is 0 Å². The summed E-state index contributed by atoms with van der Waals surface area (Å²) in [5.41, 5.74) is 4.92. The standard InChI is InChI=1S/C23H23F6N5O2/c24-14-3-1-13(2-4-14)21-31-17-11-33(8-6-16(17)20(32-21)23(27,28)29)19(36)9-15(30)10-34-12-22(25,26)7-5-18(34)35/h1-4,15H,5-12,30H2/t15-/m1/s1. The van der Waals surface area contributed by atoms with Gasteiger partial charge in [-0.25, -0.2) is 23.1 Å². The van der Waals surface area contributed by atoms with Crippen molar-refractivity contribution in [1.82, 2.24) is 19.8 Å². The first kappa shape index (κ1) is 25.9. The van der Waals surface area contributed by atoms with Crippen LogP contribution in [0.2, 0.25) is 0 Å². The Hall–Kier alpha value is -3.22. The molecule has 2 aromatic rings. The number of halogens is 6. The number of hydrogen-bond acceptors (Lipinski definition) is 5. The van der Waals surface area contributed by atoms with E-state index in [9.17, 15) is 35.9 Å². The number of piperidine rings is 1. The van der Waals surface area contributed by atoms with E-state index in [0.29, 0.717) is 0 Å². The van der Waals surface area contributed by atoms with E-state index in [1.807, 2.05) is 0 Å². The van der Waals surface area contributed by atoms with Crippen molar-refractivity contribution < 1.29 is 35.9 Å². The predicted octanol–water partition coefficient (Wildman–Crippen LogP) is 3.16. The minimum absolute atomic E-state index is 0.00988. The topological polar surface area (TPSA) is 92.4 Å². The summed E-state index contributed by atoms with van der Waals surface area (Å²) in [4.78, 5) is 34.9. The molecule has 194 valence electrons. The van der Waals surface area contributed by atoms with E-state index in [2.05, 4.69) is 9.97 Å². The Labute approximate surface area is 202 Å². The van der Waals surface area contributed by atoms with Crippen LogP contribution in [0.15, 0.2) is 24.3 Å². The molecule has 1 aromatic heterocycles. The average Bonchev–Trinajstić information content (AvgIpc) is 2.80. The van der Waals surface area contributed by atoms with E-state index in [0.717, 1.165) is 17.0 Å². The van der Waals surface area contributed by atoms with Gasteiger partial charge in [0.1, 0.15) is 5.82 Å². The van der Waals surface area contributed by atoms with Crippen LogP contribution in [-0.4, -0.2) is 63.2 Å². The molecule has 2 aliphatic heterocycles. The summed E-state index contributed by atoms with van der Waals surface area (Å²) in [6, 6.07) is 3.74. The zero-order chi connectivity index (χ0) is 26.3. The van der Waals surface area contributed by atoms with Gasteiger partial charge in [-0.05, 0) is 30.7 Å². The minimum atomic E-state index is -4.76. The van der Waals surface area contributed by atoms with Gasteiger partial charge in [-0.1, -0.05) is 0 Å². The number of nitrogens with zero attached hydrogens (tertiary/aromatic N) is 4. The number of nitrogens with two attached hydrogens (primary N) is 1. The fourth-order valence-corrected chi connectivity index (χ4v) is 4.37. The van der Waals surface area contributed by atoms with Crippen LogP contribution in [0, 0.1) is 5.82 Å². The summed E-state index contributed by atoms with van der Waals surface area (Å²) in [5.74, 6) is -4.82. The average molecular weight is 515 g/mol. The first-order valence-electron chi connectivity index (χ1n) is 11.2. The van der Waals surface area contributed by atoms with Gasteiger partial charge in [-0.2, -0.15) is 13.2 Å². The SMILES string of the molecule is N[C@H](CC(=O)N1CCc2c(nc(-c3ccc(F)cc3)nc2C(F)(F)F)C1)CN1CC(F)(F)CCC1=O. The molecule has 2 N–H and O–H groups in total. The maximum Gasteiger partial charge on any atom is 0.433 e. The van der Waals surface area contributed by atoms with E-state index in [1.54, 1.807) is 0 Å². The van der Waals surface area contributed by atoms with Crippen LogP contribution in [0.3, 0.4) is 0 Å². The van der Waals surface area contributed by atoms with Gasteiger partial charge in [-0.3, -0.25) is 9.59 Å². The zero-order valence-electron chi connectivity index (χ0n) is 19.0. The van der Waals surface area contributed by atoms with Crippen LogP contribution in [0.25, 0.3) is 11.4 Å².